The maximum atomic E-state index is 12.5. The number of benzene rings is 3. The molecule has 0 saturated heterocycles. The van der Waals surface area contributed by atoms with Crippen LogP contribution in [0.1, 0.15) is 21.9 Å². The van der Waals surface area contributed by atoms with Crippen molar-refractivity contribution in [1.82, 2.24) is 5.43 Å². The molecule has 0 unspecified atom stereocenters. The number of amides is 1. The molecule has 0 aliphatic heterocycles. The van der Waals surface area contributed by atoms with Gasteiger partial charge in [-0.2, -0.15) is 5.10 Å². The fourth-order valence-electron chi connectivity index (χ4n) is 3.68. The summed E-state index contributed by atoms with van der Waals surface area (Å²) in [6, 6.07) is 21.4. The molecule has 33 heavy (non-hydrogen) atoms. The van der Waals surface area contributed by atoms with E-state index in [1.54, 1.807) is 37.3 Å². The minimum atomic E-state index is -0.507. The number of furan rings is 2. The molecular formula is C25H17N3O5. The summed E-state index contributed by atoms with van der Waals surface area (Å²) in [6.45, 7) is 1.78. The second-order valence-corrected chi connectivity index (χ2v) is 7.49. The molecule has 0 aliphatic carbocycles. The average Bonchev–Trinajstić information content (AvgIpc) is 3.46. The highest BCUT2D eigenvalue weighted by molar-refractivity contribution is 6.08. The Morgan fingerprint density at radius 3 is 2.70 bits per heavy atom. The van der Waals surface area contributed by atoms with Crippen LogP contribution >= 0.6 is 0 Å². The zero-order valence-electron chi connectivity index (χ0n) is 17.4. The van der Waals surface area contributed by atoms with Crippen molar-refractivity contribution < 1.29 is 18.6 Å². The second kappa shape index (κ2) is 8.08. The highest BCUT2D eigenvalue weighted by Crippen LogP contribution is 2.32. The van der Waals surface area contributed by atoms with E-state index in [1.165, 1.54) is 12.3 Å². The number of aryl methyl sites for hydroxylation is 1. The molecule has 0 bridgehead atoms. The van der Waals surface area contributed by atoms with Crippen LogP contribution in [0, 0.1) is 17.0 Å². The first-order chi connectivity index (χ1) is 16.0. The Kier molecular flexibility index (Phi) is 4.95. The summed E-state index contributed by atoms with van der Waals surface area (Å²) in [5.41, 5.74) is 4.12. The summed E-state index contributed by atoms with van der Waals surface area (Å²) in [7, 11) is 0. The molecule has 3 aromatic carbocycles. The van der Waals surface area contributed by atoms with Gasteiger partial charge >= 0.3 is 5.91 Å². The van der Waals surface area contributed by atoms with Crippen LogP contribution < -0.4 is 5.43 Å². The standard InChI is InChI=1S/C25H17N3O5/c1-15-6-9-19(21(12-15)28(30)31)22-11-8-17(32-22)14-26-27-25(29)24-13-20-18-5-3-2-4-16(18)7-10-23(20)33-24/h2-14H,1H3,(H,27,29)/b26-14-. The first-order valence-corrected chi connectivity index (χ1v) is 10.1. The van der Waals surface area contributed by atoms with Crippen molar-refractivity contribution in [2.75, 3.05) is 0 Å². The lowest BCUT2D eigenvalue weighted by Crippen LogP contribution is -2.16. The van der Waals surface area contributed by atoms with E-state index in [-0.39, 0.29) is 11.4 Å². The molecule has 2 heterocycles. The third-order valence-corrected chi connectivity index (χ3v) is 5.25. The van der Waals surface area contributed by atoms with E-state index in [4.69, 9.17) is 8.83 Å². The topological polar surface area (TPSA) is 111 Å². The van der Waals surface area contributed by atoms with Gasteiger partial charge in [0.25, 0.3) is 5.69 Å². The molecule has 0 saturated carbocycles. The Morgan fingerprint density at radius 2 is 1.85 bits per heavy atom. The zero-order chi connectivity index (χ0) is 22.9. The van der Waals surface area contributed by atoms with E-state index in [0.29, 0.717) is 22.7 Å². The van der Waals surface area contributed by atoms with Crippen LogP contribution in [0.4, 0.5) is 5.69 Å². The van der Waals surface area contributed by atoms with Crippen LogP contribution in [0.5, 0.6) is 0 Å². The first-order valence-electron chi connectivity index (χ1n) is 10.1. The van der Waals surface area contributed by atoms with Gasteiger partial charge in [0.1, 0.15) is 17.1 Å². The zero-order valence-corrected chi connectivity index (χ0v) is 17.4. The number of hydrogen-bond donors (Lipinski definition) is 1. The van der Waals surface area contributed by atoms with E-state index in [2.05, 4.69) is 10.5 Å². The number of nitro benzene ring substituents is 1. The van der Waals surface area contributed by atoms with Gasteiger partial charge in [0, 0.05) is 11.5 Å². The molecule has 0 fully saturated rings. The van der Waals surface area contributed by atoms with Crippen molar-refractivity contribution in [3.63, 3.8) is 0 Å². The minimum absolute atomic E-state index is 0.0430. The van der Waals surface area contributed by atoms with Gasteiger partial charge in [0.05, 0.1) is 16.7 Å². The van der Waals surface area contributed by atoms with Gasteiger partial charge in [-0.3, -0.25) is 14.9 Å². The molecule has 0 spiro atoms. The fraction of sp³-hybridized carbons (Fsp3) is 0.0400. The third-order valence-electron chi connectivity index (χ3n) is 5.25. The van der Waals surface area contributed by atoms with Gasteiger partial charge in [-0.25, -0.2) is 5.43 Å². The molecule has 0 radical (unpaired) electrons. The smallest absolute Gasteiger partial charge is 0.307 e. The van der Waals surface area contributed by atoms with Crippen molar-refractivity contribution in [1.29, 1.82) is 0 Å². The van der Waals surface area contributed by atoms with Crippen molar-refractivity contribution in [3.8, 4) is 11.3 Å². The summed E-state index contributed by atoms with van der Waals surface area (Å²) in [6.07, 6.45) is 1.32. The number of nitrogens with one attached hydrogen (secondary N) is 1. The van der Waals surface area contributed by atoms with E-state index in [1.807, 2.05) is 36.4 Å². The van der Waals surface area contributed by atoms with Gasteiger partial charge in [-0.15, -0.1) is 0 Å². The molecule has 0 atom stereocenters. The quantitative estimate of drug-likeness (QED) is 0.210. The Morgan fingerprint density at radius 1 is 1.00 bits per heavy atom. The largest absolute Gasteiger partial charge is 0.455 e. The molecule has 8 heteroatoms. The van der Waals surface area contributed by atoms with E-state index in [9.17, 15) is 14.9 Å². The lowest BCUT2D eigenvalue weighted by molar-refractivity contribution is -0.384. The summed E-state index contributed by atoms with van der Waals surface area (Å²) >= 11 is 0. The summed E-state index contributed by atoms with van der Waals surface area (Å²) in [5, 5.41) is 18.2. The molecule has 2 aromatic heterocycles. The normalized spacial score (nSPS) is 11.4. The van der Waals surface area contributed by atoms with E-state index in [0.717, 1.165) is 21.7 Å². The van der Waals surface area contributed by atoms with Crippen LogP contribution in [0.25, 0.3) is 33.1 Å². The highest BCUT2D eigenvalue weighted by atomic mass is 16.6. The summed E-state index contributed by atoms with van der Waals surface area (Å²) < 4.78 is 11.3. The predicted molar refractivity (Wildman–Crippen MR) is 124 cm³/mol. The Bertz CT molecular complexity index is 1560. The average molecular weight is 439 g/mol. The maximum Gasteiger partial charge on any atom is 0.307 e. The van der Waals surface area contributed by atoms with Gasteiger partial charge in [0.15, 0.2) is 5.76 Å². The lowest BCUT2D eigenvalue weighted by Gasteiger charge is -2.01. The van der Waals surface area contributed by atoms with Crippen molar-refractivity contribution in [2.24, 2.45) is 5.10 Å². The Balaban J connectivity index is 1.34. The number of nitro groups is 1. The fourth-order valence-corrected chi connectivity index (χ4v) is 3.68. The van der Waals surface area contributed by atoms with E-state index < -0.39 is 10.8 Å². The van der Waals surface area contributed by atoms with Gasteiger partial charge < -0.3 is 8.83 Å². The summed E-state index contributed by atoms with van der Waals surface area (Å²) in [4.78, 5) is 23.4. The molecule has 1 N–H and O–H groups in total. The highest BCUT2D eigenvalue weighted by Gasteiger charge is 2.18. The van der Waals surface area contributed by atoms with Crippen molar-refractivity contribution in [3.05, 3.63) is 100.0 Å². The van der Waals surface area contributed by atoms with E-state index >= 15 is 0 Å². The van der Waals surface area contributed by atoms with Gasteiger partial charge in [-0.1, -0.05) is 36.4 Å². The molecule has 162 valence electrons. The molecular weight excluding hydrogens is 422 g/mol. The monoisotopic (exact) mass is 439 g/mol. The first kappa shape index (κ1) is 20.2. The molecule has 5 aromatic rings. The van der Waals surface area contributed by atoms with Crippen LogP contribution in [-0.4, -0.2) is 17.0 Å². The molecule has 5 rings (SSSR count). The number of fused-ring (bicyclic) bond motifs is 3. The van der Waals surface area contributed by atoms with Crippen LogP contribution in [0.2, 0.25) is 0 Å². The van der Waals surface area contributed by atoms with Gasteiger partial charge in [0.2, 0.25) is 0 Å². The van der Waals surface area contributed by atoms with Crippen LogP contribution in [-0.2, 0) is 0 Å². The van der Waals surface area contributed by atoms with Crippen LogP contribution in [0.3, 0.4) is 0 Å². The van der Waals surface area contributed by atoms with Crippen molar-refractivity contribution >= 4 is 39.6 Å². The summed E-state index contributed by atoms with van der Waals surface area (Å²) in [5.74, 6) is 0.288. The Labute approximate surface area is 187 Å². The number of carbonyl (C=O) groups excluding carboxylic acids is 1. The lowest BCUT2D eigenvalue weighted by atomic mass is 10.1. The number of hydrogen-bond acceptors (Lipinski definition) is 6. The van der Waals surface area contributed by atoms with Gasteiger partial charge in [-0.05, 0) is 53.6 Å². The predicted octanol–water partition coefficient (Wildman–Crippen LogP) is 5.83. The van der Waals surface area contributed by atoms with Crippen molar-refractivity contribution in [2.45, 2.75) is 6.92 Å². The number of carbonyl (C=O) groups is 1. The molecule has 8 nitrogen and oxygen atoms in total. The number of rotatable bonds is 5. The third kappa shape index (κ3) is 3.85. The maximum absolute atomic E-state index is 12.5. The SMILES string of the molecule is Cc1ccc(-c2ccc(/C=N\NC(=O)c3cc4c(ccc5ccccc54)o3)o2)c([N+](=O)[O-])c1. The number of hydrazone groups is 1. The molecule has 1 amide bonds. The number of nitrogens with zero attached hydrogens (tertiary/aromatic N) is 2. The Hall–Kier alpha value is -4.72. The minimum Gasteiger partial charge on any atom is -0.455 e. The molecule has 0 aliphatic rings. The second-order valence-electron chi connectivity index (χ2n) is 7.49. The van der Waals surface area contributed by atoms with Crippen LogP contribution in [0.15, 0.2) is 86.7 Å².